The van der Waals surface area contributed by atoms with E-state index in [1.807, 2.05) is 26.0 Å². The van der Waals surface area contributed by atoms with Gasteiger partial charge in [0, 0.05) is 12.1 Å². The van der Waals surface area contributed by atoms with E-state index in [1.165, 1.54) is 25.7 Å². The quantitative estimate of drug-likeness (QED) is 0.773. The molecule has 1 fully saturated rings. The van der Waals surface area contributed by atoms with Crippen molar-refractivity contribution in [2.45, 2.75) is 65.8 Å². The van der Waals surface area contributed by atoms with Crippen LogP contribution in [0.15, 0.2) is 12.1 Å². The predicted molar refractivity (Wildman–Crippen MR) is 104 cm³/mol. The lowest BCUT2D eigenvalue weighted by atomic mass is 10.0. The Morgan fingerprint density at radius 1 is 1.12 bits per heavy atom. The van der Waals surface area contributed by atoms with Crippen molar-refractivity contribution < 1.29 is 14.0 Å². The summed E-state index contributed by atoms with van der Waals surface area (Å²) in [6.07, 6.45) is 5.95. The molecule has 25 heavy (non-hydrogen) atoms. The molecule has 1 aliphatic rings. The molecular formula is C21H35N2O2+. The van der Waals surface area contributed by atoms with E-state index in [1.54, 1.807) is 7.11 Å². The maximum atomic E-state index is 13.2. The SMILES string of the molecule is CCC(C(=O)Nc1c(C)cc(OC)cc1C)[N+]1(CC)CCCCCC1. The predicted octanol–water partition coefficient (Wildman–Crippen LogP) is 4.44. The monoisotopic (exact) mass is 347 g/mol. The van der Waals surface area contributed by atoms with Gasteiger partial charge in [0.05, 0.1) is 26.7 Å². The molecule has 0 bridgehead atoms. The molecule has 1 unspecified atom stereocenters. The summed E-state index contributed by atoms with van der Waals surface area (Å²) in [4.78, 5) is 13.2. The molecule has 2 rings (SSSR count). The van der Waals surface area contributed by atoms with Gasteiger partial charge in [0.2, 0.25) is 0 Å². The van der Waals surface area contributed by atoms with Gasteiger partial charge in [-0.25, -0.2) is 0 Å². The third-order valence-electron chi connectivity index (χ3n) is 5.93. The molecule has 1 saturated heterocycles. The van der Waals surface area contributed by atoms with Crippen molar-refractivity contribution in [1.82, 2.24) is 0 Å². The summed E-state index contributed by atoms with van der Waals surface area (Å²) < 4.78 is 6.27. The van der Waals surface area contributed by atoms with Gasteiger partial charge in [-0.05, 0) is 69.7 Å². The first-order valence-corrected chi connectivity index (χ1v) is 9.79. The number of nitrogens with one attached hydrogen (secondary N) is 1. The average molecular weight is 348 g/mol. The summed E-state index contributed by atoms with van der Waals surface area (Å²) in [6, 6.07) is 4.00. The van der Waals surface area contributed by atoms with Gasteiger partial charge in [0.15, 0.2) is 6.04 Å². The van der Waals surface area contributed by atoms with Gasteiger partial charge in [-0.2, -0.15) is 0 Å². The van der Waals surface area contributed by atoms with Crippen molar-refractivity contribution in [1.29, 1.82) is 0 Å². The number of aryl methyl sites for hydroxylation is 2. The van der Waals surface area contributed by atoms with Gasteiger partial charge >= 0.3 is 0 Å². The summed E-state index contributed by atoms with van der Waals surface area (Å²) in [5.74, 6) is 1.01. The van der Waals surface area contributed by atoms with Crippen molar-refractivity contribution in [3.05, 3.63) is 23.3 Å². The average Bonchev–Trinajstić information content (AvgIpc) is 2.85. The molecule has 1 heterocycles. The number of hydrogen-bond acceptors (Lipinski definition) is 2. The zero-order chi connectivity index (χ0) is 18.4. The second-order valence-corrected chi connectivity index (χ2v) is 7.45. The molecule has 1 aromatic carbocycles. The molecule has 0 saturated carbocycles. The van der Waals surface area contributed by atoms with Crippen molar-refractivity contribution in [3.8, 4) is 5.75 Å². The second-order valence-electron chi connectivity index (χ2n) is 7.45. The van der Waals surface area contributed by atoms with Gasteiger partial charge in [-0.1, -0.05) is 6.92 Å². The number of likely N-dealkylation sites (tertiary alicyclic amines) is 1. The number of carbonyl (C=O) groups excluding carboxylic acids is 1. The number of rotatable bonds is 6. The Balaban J connectivity index is 2.25. The fourth-order valence-electron chi connectivity index (χ4n) is 4.43. The van der Waals surface area contributed by atoms with Crippen LogP contribution in [0.2, 0.25) is 0 Å². The highest BCUT2D eigenvalue weighted by Crippen LogP contribution is 2.29. The van der Waals surface area contributed by atoms with Gasteiger partial charge in [0.25, 0.3) is 5.91 Å². The molecule has 0 spiro atoms. The van der Waals surface area contributed by atoms with E-state index in [4.69, 9.17) is 4.74 Å². The summed E-state index contributed by atoms with van der Waals surface area (Å²) in [5.41, 5.74) is 3.05. The van der Waals surface area contributed by atoms with Gasteiger partial charge in [-0.3, -0.25) is 4.79 Å². The van der Waals surface area contributed by atoms with Crippen LogP contribution in [0.25, 0.3) is 0 Å². The number of anilines is 1. The normalized spacial score (nSPS) is 18.3. The third kappa shape index (κ3) is 4.35. The first kappa shape index (κ1) is 19.8. The van der Waals surface area contributed by atoms with Gasteiger partial charge in [-0.15, -0.1) is 0 Å². The molecule has 1 N–H and O–H groups in total. The van der Waals surface area contributed by atoms with E-state index >= 15 is 0 Å². The third-order valence-corrected chi connectivity index (χ3v) is 5.93. The number of benzene rings is 1. The Hall–Kier alpha value is -1.55. The lowest BCUT2D eigenvalue weighted by Gasteiger charge is -2.42. The van der Waals surface area contributed by atoms with Crippen molar-refractivity contribution >= 4 is 11.6 Å². The molecule has 0 radical (unpaired) electrons. The summed E-state index contributed by atoms with van der Waals surface area (Å²) in [7, 11) is 1.67. The number of likely N-dealkylation sites (N-methyl/N-ethyl adjacent to an activating group) is 1. The molecule has 140 valence electrons. The molecular weight excluding hydrogens is 312 g/mol. The fraction of sp³-hybridized carbons (Fsp3) is 0.667. The number of carbonyl (C=O) groups is 1. The Morgan fingerprint density at radius 2 is 1.68 bits per heavy atom. The first-order valence-electron chi connectivity index (χ1n) is 9.79. The highest BCUT2D eigenvalue weighted by atomic mass is 16.5. The highest BCUT2D eigenvalue weighted by molar-refractivity contribution is 5.95. The van der Waals surface area contributed by atoms with E-state index in [-0.39, 0.29) is 11.9 Å². The molecule has 4 nitrogen and oxygen atoms in total. The minimum Gasteiger partial charge on any atom is -0.497 e. The zero-order valence-corrected chi connectivity index (χ0v) is 16.7. The number of hydrogen-bond donors (Lipinski definition) is 1. The second kappa shape index (κ2) is 8.70. The van der Waals surface area contributed by atoms with Crippen LogP contribution in [-0.2, 0) is 4.79 Å². The van der Waals surface area contributed by atoms with Crippen molar-refractivity contribution in [3.63, 3.8) is 0 Å². The van der Waals surface area contributed by atoms with Crippen LogP contribution in [-0.4, -0.2) is 43.2 Å². The van der Waals surface area contributed by atoms with Crippen LogP contribution in [0.4, 0.5) is 5.69 Å². The maximum absolute atomic E-state index is 13.2. The Kier molecular flexibility index (Phi) is 6.88. The minimum absolute atomic E-state index is 0.0315. The van der Waals surface area contributed by atoms with E-state index in [2.05, 4.69) is 19.2 Å². The topological polar surface area (TPSA) is 38.3 Å². The lowest BCUT2D eigenvalue weighted by Crippen LogP contribution is -2.60. The molecule has 1 aliphatic heterocycles. The summed E-state index contributed by atoms with van der Waals surface area (Å²) in [5, 5.41) is 3.25. The van der Waals surface area contributed by atoms with E-state index < -0.39 is 0 Å². The van der Waals surface area contributed by atoms with E-state index in [0.717, 1.165) is 53.1 Å². The number of quaternary nitrogens is 1. The fourth-order valence-corrected chi connectivity index (χ4v) is 4.43. The maximum Gasteiger partial charge on any atom is 0.282 e. The van der Waals surface area contributed by atoms with E-state index in [0.29, 0.717) is 0 Å². The molecule has 1 aromatic rings. The van der Waals surface area contributed by atoms with Crippen molar-refractivity contribution in [2.24, 2.45) is 0 Å². The van der Waals surface area contributed by atoms with Gasteiger partial charge in [0.1, 0.15) is 5.75 Å². The molecule has 1 atom stereocenters. The minimum atomic E-state index is 0.0315. The Morgan fingerprint density at radius 3 is 2.12 bits per heavy atom. The first-order chi connectivity index (χ1) is 12.0. The lowest BCUT2D eigenvalue weighted by molar-refractivity contribution is -0.940. The highest BCUT2D eigenvalue weighted by Gasteiger charge is 2.39. The summed E-state index contributed by atoms with van der Waals surface area (Å²) >= 11 is 0. The van der Waals surface area contributed by atoms with Crippen LogP contribution in [0.5, 0.6) is 5.75 Å². The van der Waals surface area contributed by atoms with Crippen molar-refractivity contribution in [2.75, 3.05) is 32.1 Å². The van der Waals surface area contributed by atoms with Gasteiger partial charge < -0.3 is 14.5 Å². The largest absolute Gasteiger partial charge is 0.497 e. The Bertz CT molecular complexity index is 567. The number of methoxy groups -OCH3 is 1. The van der Waals surface area contributed by atoms with Crippen LogP contribution >= 0.6 is 0 Å². The van der Waals surface area contributed by atoms with Crippen LogP contribution < -0.4 is 10.1 Å². The molecule has 1 amide bonds. The van der Waals surface area contributed by atoms with Crippen LogP contribution in [0.3, 0.4) is 0 Å². The van der Waals surface area contributed by atoms with Crippen LogP contribution in [0, 0.1) is 13.8 Å². The molecule has 4 heteroatoms. The summed E-state index contributed by atoms with van der Waals surface area (Å²) in [6.45, 7) is 11.7. The number of amides is 1. The smallest absolute Gasteiger partial charge is 0.282 e. The number of nitrogens with zero attached hydrogens (tertiary/aromatic N) is 1. The number of ether oxygens (including phenoxy) is 1. The van der Waals surface area contributed by atoms with E-state index in [9.17, 15) is 4.79 Å². The molecule has 0 aliphatic carbocycles. The zero-order valence-electron chi connectivity index (χ0n) is 16.7. The van der Waals surface area contributed by atoms with Crippen LogP contribution in [0.1, 0.15) is 57.1 Å². The Labute approximate surface area is 153 Å². The molecule has 0 aromatic heterocycles. The standard InChI is InChI=1S/C21H34N2O2/c1-6-19(23(7-2)12-10-8-9-11-13-23)21(24)22-20-16(3)14-18(25-5)15-17(20)4/h14-15,19H,6-13H2,1-5H3/p+1.